The molecule has 0 fully saturated rings. The Morgan fingerprint density at radius 2 is 2.22 bits per heavy atom. The van der Waals surface area contributed by atoms with Crippen molar-refractivity contribution in [2.45, 2.75) is 31.9 Å². The van der Waals surface area contributed by atoms with Crippen LogP contribution in [0.5, 0.6) is 11.5 Å². The van der Waals surface area contributed by atoms with E-state index in [1.807, 2.05) is 19.9 Å². The van der Waals surface area contributed by atoms with Crippen molar-refractivity contribution in [2.24, 2.45) is 0 Å². The van der Waals surface area contributed by atoms with E-state index in [0.717, 1.165) is 5.56 Å². The number of nitrogen functional groups attached to an aromatic ring is 1. The molecule has 1 aromatic carbocycles. The zero-order valence-corrected chi connectivity index (χ0v) is 13.0. The molecule has 1 aliphatic rings. The Balaban J connectivity index is 1.92. The molecular formula is C17H19N3O3. The summed E-state index contributed by atoms with van der Waals surface area (Å²) < 4.78 is 5.94. The van der Waals surface area contributed by atoms with Gasteiger partial charge < -0.3 is 20.9 Å². The lowest BCUT2D eigenvalue weighted by Crippen LogP contribution is -2.41. The summed E-state index contributed by atoms with van der Waals surface area (Å²) in [6.07, 6.45) is 2.05. The first kappa shape index (κ1) is 15.1. The van der Waals surface area contributed by atoms with Crippen LogP contribution in [-0.2, 0) is 0 Å². The van der Waals surface area contributed by atoms with E-state index in [9.17, 15) is 9.90 Å². The van der Waals surface area contributed by atoms with E-state index in [-0.39, 0.29) is 17.5 Å². The van der Waals surface area contributed by atoms with Gasteiger partial charge in [0.05, 0.1) is 6.04 Å². The minimum atomic E-state index is -0.431. The lowest BCUT2D eigenvalue weighted by atomic mass is 9.89. The minimum Gasteiger partial charge on any atom is -0.505 e. The quantitative estimate of drug-likeness (QED) is 0.740. The number of nitrogens with zero attached hydrogens (tertiary/aromatic N) is 1. The zero-order valence-electron chi connectivity index (χ0n) is 13.0. The minimum absolute atomic E-state index is 0.00208. The van der Waals surface area contributed by atoms with Gasteiger partial charge in [-0.1, -0.05) is 0 Å². The van der Waals surface area contributed by atoms with Crippen LogP contribution in [0.3, 0.4) is 0 Å². The molecule has 4 N–H and O–H groups in total. The molecule has 0 saturated heterocycles. The number of amides is 1. The molecule has 0 radical (unpaired) electrons. The molecule has 0 aliphatic carbocycles. The van der Waals surface area contributed by atoms with E-state index < -0.39 is 11.5 Å². The number of rotatable bonds is 2. The van der Waals surface area contributed by atoms with Crippen molar-refractivity contribution < 1.29 is 14.6 Å². The summed E-state index contributed by atoms with van der Waals surface area (Å²) >= 11 is 0. The maximum Gasteiger partial charge on any atom is 0.274 e. The molecular weight excluding hydrogens is 294 g/mol. The van der Waals surface area contributed by atoms with Crippen LogP contribution in [0, 0.1) is 0 Å². The molecule has 1 aliphatic heterocycles. The van der Waals surface area contributed by atoms with Gasteiger partial charge >= 0.3 is 0 Å². The number of pyridine rings is 1. The largest absolute Gasteiger partial charge is 0.505 e. The van der Waals surface area contributed by atoms with Crippen molar-refractivity contribution in [3.8, 4) is 11.5 Å². The molecule has 1 aromatic heterocycles. The second-order valence-corrected chi connectivity index (χ2v) is 6.26. The Morgan fingerprint density at radius 3 is 2.96 bits per heavy atom. The summed E-state index contributed by atoms with van der Waals surface area (Å²) in [4.78, 5) is 16.4. The molecule has 2 aromatic rings. The van der Waals surface area contributed by atoms with Crippen molar-refractivity contribution in [3.05, 3.63) is 47.8 Å². The van der Waals surface area contributed by atoms with Crippen LogP contribution in [-0.4, -0.2) is 21.6 Å². The van der Waals surface area contributed by atoms with Gasteiger partial charge in [-0.3, -0.25) is 4.79 Å². The van der Waals surface area contributed by atoms with E-state index in [4.69, 9.17) is 10.5 Å². The number of fused-ring (bicyclic) bond motifs is 1. The van der Waals surface area contributed by atoms with Crippen molar-refractivity contribution in [1.82, 2.24) is 10.3 Å². The second kappa shape index (κ2) is 5.46. The van der Waals surface area contributed by atoms with Crippen LogP contribution in [0.15, 0.2) is 36.5 Å². The molecule has 0 bridgehead atoms. The highest BCUT2D eigenvalue weighted by Crippen LogP contribution is 2.40. The standard InChI is InChI=1S/C17H19N3O3/c1-17(2)9-12(11-8-10(18)5-6-14(11)23-17)20-16(22)15-13(21)4-3-7-19-15/h3-8,12,21H,9,18H2,1-2H3,(H,20,22). The number of anilines is 1. The summed E-state index contributed by atoms with van der Waals surface area (Å²) in [6.45, 7) is 3.92. The normalized spacial score (nSPS) is 18.6. The van der Waals surface area contributed by atoms with Gasteiger partial charge in [0.25, 0.3) is 5.91 Å². The van der Waals surface area contributed by atoms with Crippen molar-refractivity contribution >= 4 is 11.6 Å². The molecule has 1 atom stereocenters. The predicted octanol–water partition coefficient (Wildman–Crippen LogP) is 2.40. The van der Waals surface area contributed by atoms with Gasteiger partial charge in [-0.25, -0.2) is 4.98 Å². The molecule has 3 rings (SSSR count). The number of carbonyl (C=O) groups is 1. The number of carbonyl (C=O) groups excluding carboxylic acids is 1. The first-order valence-corrected chi connectivity index (χ1v) is 7.39. The van der Waals surface area contributed by atoms with Crippen LogP contribution < -0.4 is 15.8 Å². The SMILES string of the molecule is CC1(C)CC(NC(=O)c2ncccc2O)c2cc(N)ccc2O1. The molecule has 0 spiro atoms. The van der Waals surface area contributed by atoms with Crippen molar-refractivity contribution in [2.75, 3.05) is 5.73 Å². The first-order chi connectivity index (χ1) is 10.9. The number of nitrogens with one attached hydrogen (secondary N) is 1. The number of hydrogen-bond acceptors (Lipinski definition) is 5. The third-order valence-corrected chi connectivity index (χ3v) is 3.80. The van der Waals surface area contributed by atoms with Gasteiger partial charge in [0.15, 0.2) is 5.69 Å². The average molecular weight is 313 g/mol. The summed E-state index contributed by atoms with van der Waals surface area (Å²) in [5, 5.41) is 12.7. The first-order valence-electron chi connectivity index (χ1n) is 7.39. The molecule has 6 nitrogen and oxygen atoms in total. The van der Waals surface area contributed by atoms with E-state index in [2.05, 4.69) is 10.3 Å². The predicted molar refractivity (Wildman–Crippen MR) is 86.3 cm³/mol. The van der Waals surface area contributed by atoms with Gasteiger partial charge in [-0.15, -0.1) is 0 Å². The Hall–Kier alpha value is -2.76. The van der Waals surface area contributed by atoms with Crippen LogP contribution in [0.25, 0.3) is 0 Å². The third kappa shape index (κ3) is 3.06. The van der Waals surface area contributed by atoms with E-state index in [0.29, 0.717) is 17.9 Å². The lowest BCUT2D eigenvalue weighted by Gasteiger charge is -2.38. The molecule has 23 heavy (non-hydrogen) atoms. The summed E-state index contributed by atoms with van der Waals surface area (Å²) in [5.41, 5.74) is 6.87. The number of nitrogens with two attached hydrogens (primary N) is 1. The monoisotopic (exact) mass is 313 g/mol. The van der Waals surface area contributed by atoms with Gasteiger partial charge in [-0.05, 0) is 44.2 Å². The van der Waals surface area contributed by atoms with Crippen LogP contribution in [0.2, 0.25) is 0 Å². The van der Waals surface area contributed by atoms with E-state index in [1.54, 1.807) is 18.2 Å². The number of ether oxygens (including phenoxy) is 1. The molecule has 0 saturated carbocycles. The maximum atomic E-state index is 12.4. The summed E-state index contributed by atoms with van der Waals surface area (Å²) in [5.74, 6) is 0.120. The van der Waals surface area contributed by atoms with E-state index in [1.165, 1.54) is 12.3 Å². The number of benzene rings is 1. The van der Waals surface area contributed by atoms with Crippen molar-refractivity contribution in [3.63, 3.8) is 0 Å². The fraction of sp³-hybridized carbons (Fsp3) is 0.294. The number of aromatic nitrogens is 1. The van der Waals surface area contributed by atoms with E-state index >= 15 is 0 Å². The smallest absolute Gasteiger partial charge is 0.274 e. The molecule has 6 heteroatoms. The topological polar surface area (TPSA) is 97.5 Å². The molecule has 1 unspecified atom stereocenters. The maximum absolute atomic E-state index is 12.4. The Bertz CT molecular complexity index is 758. The van der Waals surface area contributed by atoms with Crippen molar-refractivity contribution in [1.29, 1.82) is 0 Å². The average Bonchev–Trinajstić information content (AvgIpc) is 2.47. The second-order valence-electron chi connectivity index (χ2n) is 6.26. The van der Waals surface area contributed by atoms with Crippen LogP contribution in [0.4, 0.5) is 5.69 Å². The van der Waals surface area contributed by atoms with Gasteiger partial charge in [-0.2, -0.15) is 0 Å². The lowest BCUT2D eigenvalue weighted by molar-refractivity contribution is 0.0618. The van der Waals surface area contributed by atoms with Crippen LogP contribution >= 0.6 is 0 Å². The number of aromatic hydroxyl groups is 1. The summed E-state index contributed by atoms with van der Waals surface area (Å²) in [6, 6.07) is 8.10. The highest BCUT2D eigenvalue weighted by atomic mass is 16.5. The van der Waals surface area contributed by atoms with Gasteiger partial charge in [0.2, 0.25) is 0 Å². The Kier molecular flexibility index (Phi) is 3.60. The summed E-state index contributed by atoms with van der Waals surface area (Å²) in [7, 11) is 0. The molecule has 2 heterocycles. The Labute approximate surface area is 134 Å². The third-order valence-electron chi connectivity index (χ3n) is 3.80. The fourth-order valence-corrected chi connectivity index (χ4v) is 2.80. The zero-order chi connectivity index (χ0) is 16.6. The van der Waals surface area contributed by atoms with Gasteiger partial charge in [0, 0.05) is 23.9 Å². The molecule has 1 amide bonds. The van der Waals surface area contributed by atoms with Crippen LogP contribution in [0.1, 0.15) is 42.4 Å². The highest BCUT2D eigenvalue weighted by molar-refractivity contribution is 5.95. The van der Waals surface area contributed by atoms with Gasteiger partial charge in [0.1, 0.15) is 17.1 Å². The highest BCUT2D eigenvalue weighted by Gasteiger charge is 2.35. The molecule has 120 valence electrons. The number of hydrogen-bond donors (Lipinski definition) is 3. The Morgan fingerprint density at radius 1 is 1.43 bits per heavy atom. The fourth-order valence-electron chi connectivity index (χ4n) is 2.80.